The molecule has 150 valence electrons. The number of nitrogens with zero attached hydrogens (tertiary/aromatic N) is 2. The Labute approximate surface area is 169 Å². The summed E-state index contributed by atoms with van der Waals surface area (Å²) in [6, 6.07) is 0. The maximum atomic E-state index is 11.6. The van der Waals surface area contributed by atoms with Gasteiger partial charge in [0.1, 0.15) is 0 Å². The van der Waals surface area contributed by atoms with Gasteiger partial charge in [0.2, 0.25) is 10.0 Å². The zero-order chi connectivity index (χ0) is 17.8. The first-order chi connectivity index (χ1) is 11.5. The van der Waals surface area contributed by atoms with E-state index in [1.807, 2.05) is 0 Å². The van der Waals surface area contributed by atoms with Gasteiger partial charge in [0.25, 0.3) is 0 Å². The molecule has 0 saturated carbocycles. The highest BCUT2D eigenvalue weighted by atomic mass is 127. The Kier molecular flexibility index (Phi) is 13.9. The second-order valence-electron chi connectivity index (χ2n) is 5.71. The average molecular weight is 492 g/mol. The zero-order valence-corrected chi connectivity index (χ0v) is 18.6. The van der Waals surface area contributed by atoms with Gasteiger partial charge in [0, 0.05) is 46.9 Å². The smallest absolute Gasteiger partial charge is 0.213 e. The van der Waals surface area contributed by atoms with E-state index in [0.717, 1.165) is 38.4 Å². The number of guanidine groups is 1. The van der Waals surface area contributed by atoms with Gasteiger partial charge in [-0.3, -0.25) is 4.99 Å². The number of halogens is 1. The lowest BCUT2D eigenvalue weighted by molar-refractivity contribution is 0.0420. The molecule has 1 aliphatic rings. The third-order valence-electron chi connectivity index (χ3n) is 3.86. The quantitative estimate of drug-likeness (QED) is 0.190. The van der Waals surface area contributed by atoms with Gasteiger partial charge in [-0.2, -0.15) is 0 Å². The van der Waals surface area contributed by atoms with Crippen LogP contribution < -0.4 is 10.6 Å². The topological polar surface area (TPSA) is 92.3 Å². The number of ether oxygens (including phenoxy) is 2. The van der Waals surface area contributed by atoms with Gasteiger partial charge in [-0.05, 0) is 26.2 Å². The van der Waals surface area contributed by atoms with Gasteiger partial charge < -0.3 is 20.1 Å². The molecule has 0 amide bonds. The molecule has 1 heterocycles. The Morgan fingerprint density at radius 2 is 2.00 bits per heavy atom. The molecule has 1 saturated heterocycles. The number of rotatable bonds is 11. The minimum absolute atomic E-state index is 0. The summed E-state index contributed by atoms with van der Waals surface area (Å²) < 4.78 is 35.6. The molecule has 25 heavy (non-hydrogen) atoms. The molecule has 0 aromatic rings. The van der Waals surface area contributed by atoms with Crippen molar-refractivity contribution in [3.63, 3.8) is 0 Å². The van der Waals surface area contributed by atoms with E-state index >= 15 is 0 Å². The van der Waals surface area contributed by atoms with Crippen molar-refractivity contribution in [1.82, 2.24) is 14.9 Å². The second-order valence-corrected chi connectivity index (χ2v) is 8.08. The van der Waals surface area contributed by atoms with E-state index in [-0.39, 0.29) is 35.8 Å². The molecule has 1 unspecified atom stereocenters. The predicted octanol–water partition coefficient (Wildman–Crippen LogP) is 0.637. The van der Waals surface area contributed by atoms with Gasteiger partial charge >= 0.3 is 0 Å². The van der Waals surface area contributed by atoms with Crippen LogP contribution in [0.4, 0.5) is 0 Å². The minimum Gasteiger partial charge on any atom is -0.379 e. The molecule has 1 rings (SSSR count). The fourth-order valence-electron chi connectivity index (χ4n) is 2.26. The van der Waals surface area contributed by atoms with E-state index < -0.39 is 10.0 Å². The van der Waals surface area contributed by atoms with Gasteiger partial charge in [-0.25, -0.2) is 12.7 Å². The first-order valence-corrected chi connectivity index (χ1v) is 10.2. The largest absolute Gasteiger partial charge is 0.379 e. The van der Waals surface area contributed by atoms with Crippen molar-refractivity contribution in [3.8, 4) is 0 Å². The van der Waals surface area contributed by atoms with Crippen LogP contribution in [0.3, 0.4) is 0 Å². The third-order valence-corrected chi connectivity index (χ3v) is 5.72. The summed E-state index contributed by atoms with van der Waals surface area (Å²) in [5, 5.41) is 6.40. The fraction of sp³-hybridized carbons (Fsp3) is 0.933. The molecule has 0 radical (unpaired) electrons. The SMILES string of the molecule is CCS(=O)(=O)N(C)CCCNC(=NC)NCCCOC1CCOC1.I. The highest BCUT2D eigenvalue weighted by Gasteiger charge is 2.15. The monoisotopic (exact) mass is 492 g/mol. The molecular formula is C15H33IN4O4S. The first-order valence-electron chi connectivity index (χ1n) is 8.57. The fourth-order valence-corrected chi connectivity index (χ4v) is 3.11. The van der Waals surface area contributed by atoms with Crippen molar-refractivity contribution in [2.24, 2.45) is 4.99 Å². The van der Waals surface area contributed by atoms with E-state index in [0.29, 0.717) is 26.3 Å². The lowest BCUT2D eigenvalue weighted by Crippen LogP contribution is -2.39. The molecule has 1 fully saturated rings. The summed E-state index contributed by atoms with van der Waals surface area (Å²) in [7, 11) is 0.235. The van der Waals surface area contributed by atoms with Crippen LogP contribution in [0.1, 0.15) is 26.2 Å². The number of nitrogens with one attached hydrogen (secondary N) is 2. The molecule has 10 heteroatoms. The van der Waals surface area contributed by atoms with Gasteiger partial charge in [-0.1, -0.05) is 0 Å². The Morgan fingerprint density at radius 3 is 2.56 bits per heavy atom. The van der Waals surface area contributed by atoms with Crippen LogP contribution in [0.25, 0.3) is 0 Å². The lowest BCUT2D eigenvalue weighted by atomic mass is 10.3. The molecule has 0 aromatic heterocycles. The summed E-state index contributed by atoms with van der Waals surface area (Å²) in [6.07, 6.45) is 2.85. The highest BCUT2D eigenvalue weighted by molar-refractivity contribution is 14.0. The highest BCUT2D eigenvalue weighted by Crippen LogP contribution is 2.07. The summed E-state index contributed by atoms with van der Waals surface area (Å²) in [6.45, 7) is 5.80. The van der Waals surface area contributed by atoms with E-state index in [2.05, 4.69) is 15.6 Å². The Balaban J connectivity index is 0.00000576. The van der Waals surface area contributed by atoms with Crippen LogP contribution in [-0.4, -0.2) is 84.1 Å². The molecule has 1 atom stereocenters. The van der Waals surface area contributed by atoms with Crippen LogP contribution in [0, 0.1) is 0 Å². The summed E-state index contributed by atoms with van der Waals surface area (Å²) in [5.41, 5.74) is 0. The van der Waals surface area contributed by atoms with E-state index in [9.17, 15) is 8.42 Å². The molecule has 8 nitrogen and oxygen atoms in total. The minimum atomic E-state index is -3.10. The number of hydrogen-bond donors (Lipinski definition) is 2. The van der Waals surface area contributed by atoms with Crippen molar-refractivity contribution in [2.75, 3.05) is 59.3 Å². The lowest BCUT2D eigenvalue weighted by Gasteiger charge is -2.17. The van der Waals surface area contributed by atoms with Gasteiger partial charge in [0.15, 0.2) is 5.96 Å². The molecular weight excluding hydrogens is 459 g/mol. The molecule has 0 aromatic carbocycles. The number of aliphatic imine (C=N–C) groups is 1. The Bertz CT molecular complexity index is 470. The van der Waals surface area contributed by atoms with Gasteiger partial charge in [-0.15, -0.1) is 24.0 Å². The Hall–Kier alpha value is -0.170. The second kappa shape index (κ2) is 14.0. The van der Waals surface area contributed by atoms with Crippen molar-refractivity contribution in [2.45, 2.75) is 32.3 Å². The van der Waals surface area contributed by atoms with Crippen LogP contribution in [-0.2, 0) is 19.5 Å². The van der Waals surface area contributed by atoms with Crippen molar-refractivity contribution in [1.29, 1.82) is 0 Å². The van der Waals surface area contributed by atoms with Crippen LogP contribution in [0.5, 0.6) is 0 Å². The molecule has 1 aliphatic heterocycles. The van der Waals surface area contributed by atoms with E-state index in [1.165, 1.54) is 4.31 Å². The molecule has 0 aliphatic carbocycles. The third kappa shape index (κ3) is 10.5. The maximum absolute atomic E-state index is 11.6. The van der Waals surface area contributed by atoms with E-state index in [4.69, 9.17) is 9.47 Å². The standard InChI is InChI=1S/C15H32N4O4S.HI/c1-4-24(20,21)19(3)10-5-8-17-15(16-2)18-9-6-11-23-14-7-12-22-13-14;/h14H,4-13H2,1-3H3,(H2,16,17,18);1H. The van der Waals surface area contributed by atoms with Crippen LogP contribution >= 0.6 is 24.0 Å². The van der Waals surface area contributed by atoms with E-state index in [1.54, 1.807) is 21.0 Å². The summed E-state index contributed by atoms with van der Waals surface area (Å²) in [5.74, 6) is 0.857. The van der Waals surface area contributed by atoms with Crippen molar-refractivity contribution < 1.29 is 17.9 Å². The van der Waals surface area contributed by atoms with Crippen molar-refractivity contribution in [3.05, 3.63) is 0 Å². The number of hydrogen-bond acceptors (Lipinski definition) is 5. The number of sulfonamides is 1. The summed E-state index contributed by atoms with van der Waals surface area (Å²) >= 11 is 0. The molecule has 2 N–H and O–H groups in total. The van der Waals surface area contributed by atoms with Crippen LogP contribution in [0.2, 0.25) is 0 Å². The zero-order valence-electron chi connectivity index (χ0n) is 15.5. The van der Waals surface area contributed by atoms with Crippen LogP contribution in [0.15, 0.2) is 4.99 Å². The Morgan fingerprint density at radius 1 is 1.32 bits per heavy atom. The molecule has 0 spiro atoms. The maximum Gasteiger partial charge on any atom is 0.213 e. The van der Waals surface area contributed by atoms with Gasteiger partial charge in [0.05, 0.1) is 18.5 Å². The average Bonchev–Trinajstić information content (AvgIpc) is 3.09. The van der Waals surface area contributed by atoms with Crippen molar-refractivity contribution >= 4 is 40.0 Å². The first kappa shape index (κ1) is 24.8. The summed E-state index contributed by atoms with van der Waals surface area (Å²) in [4.78, 5) is 4.15. The predicted molar refractivity (Wildman–Crippen MR) is 111 cm³/mol. The molecule has 0 bridgehead atoms. The normalized spacial score (nSPS) is 18.2.